The second kappa shape index (κ2) is 8.21. The van der Waals surface area contributed by atoms with Crippen LogP contribution in [0.15, 0.2) is 18.2 Å². The van der Waals surface area contributed by atoms with Crippen LogP contribution in [-0.2, 0) is 15.7 Å². The van der Waals surface area contributed by atoms with E-state index >= 15 is 0 Å². The quantitative estimate of drug-likeness (QED) is 0.874. The van der Waals surface area contributed by atoms with E-state index in [1.165, 1.54) is 26.2 Å². The van der Waals surface area contributed by atoms with Crippen LogP contribution < -0.4 is 11.1 Å². The molecule has 1 aromatic rings. The van der Waals surface area contributed by atoms with E-state index in [9.17, 15) is 18.0 Å². The van der Waals surface area contributed by atoms with Gasteiger partial charge in [-0.3, -0.25) is 4.79 Å². The number of hydrogen-bond donors (Lipinski definition) is 2. The second-order valence-electron chi connectivity index (χ2n) is 4.37. The Balaban J connectivity index is 0.00000400. The highest BCUT2D eigenvalue weighted by Gasteiger charge is 2.32. The number of carbonyl (C=O) groups excluding carboxylic acids is 1. The van der Waals surface area contributed by atoms with Crippen molar-refractivity contribution in [3.05, 3.63) is 29.3 Å². The molecule has 0 aliphatic heterocycles. The zero-order valence-corrected chi connectivity index (χ0v) is 12.5. The minimum atomic E-state index is -4.45. The molecule has 3 N–H and O–H groups in total. The van der Waals surface area contributed by atoms with Crippen LogP contribution in [0.25, 0.3) is 0 Å². The predicted octanol–water partition coefficient (Wildman–Crippen LogP) is 2.74. The molecule has 0 aromatic heterocycles. The van der Waals surface area contributed by atoms with Crippen molar-refractivity contribution in [1.29, 1.82) is 0 Å². The molecule has 1 amide bonds. The van der Waals surface area contributed by atoms with E-state index < -0.39 is 23.8 Å². The fourth-order valence-electron chi connectivity index (χ4n) is 1.69. The number of benzene rings is 1. The smallest absolute Gasteiger partial charge is 0.380 e. The number of nitrogens with one attached hydrogen (secondary N) is 1. The minimum Gasteiger partial charge on any atom is -0.380 e. The number of aryl methyl sites for hydroxylation is 1. The average molecular weight is 327 g/mol. The molecule has 0 fully saturated rings. The third-order valence-corrected chi connectivity index (χ3v) is 2.84. The number of ether oxygens (including phenoxy) is 1. The first-order chi connectivity index (χ1) is 9.27. The molecule has 8 heteroatoms. The molecule has 1 atom stereocenters. The van der Waals surface area contributed by atoms with Crippen molar-refractivity contribution in [3.8, 4) is 0 Å². The van der Waals surface area contributed by atoms with Gasteiger partial charge in [-0.25, -0.2) is 0 Å². The second-order valence-corrected chi connectivity index (χ2v) is 4.37. The van der Waals surface area contributed by atoms with Gasteiger partial charge in [-0.05, 0) is 24.6 Å². The lowest BCUT2D eigenvalue weighted by Crippen LogP contribution is -2.28. The van der Waals surface area contributed by atoms with Crippen molar-refractivity contribution in [3.63, 3.8) is 0 Å². The van der Waals surface area contributed by atoms with Crippen molar-refractivity contribution < 1.29 is 22.7 Å². The number of anilines is 1. The summed E-state index contributed by atoms with van der Waals surface area (Å²) in [6.45, 7) is 1.52. The van der Waals surface area contributed by atoms with E-state index in [0.29, 0.717) is 0 Å². The van der Waals surface area contributed by atoms with Crippen LogP contribution >= 0.6 is 12.4 Å². The normalized spacial score (nSPS) is 12.5. The number of alkyl halides is 3. The van der Waals surface area contributed by atoms with Crippen molar-refractivity contribution in [2.24, 2.45) is 5.73 Å². The third-order valence-electron chi connectivity index (χ3n) is 2.84. The van der Waals surface area contributed by atoms with Gasteiger partial charge in [0.05, 0.1) is 18.1 Å². The average Bonchev–Trinajstić information content (AvgIpc) is 2.37. The zero-order chi connectivity index (χ0) is 15.3. The highest BCUT2D eigenvalue weighted by molar-refractivity contribution is 5.91. The Hall–Kier alpha value is -1.31. The van der Waals surface area contributed by atoms with Gasteiger partial charge in [0.25, 0.3) is 0 Å². The van der Waals surface area contributed by atoms with E-state index in [0.717, 1.165) is 6.07 Å². The van der Waals surface area contributed by atoms with Crippen molar-refractivity contribution in [2.45, 2.75) is 25.6 Å². The highest BCUT2D eigenvalue weighted by Crippen LogP contribution is 2.33. The molecule has 0 bridgehead atoms. The van der Waals surface area contributed by atoms with Crippen LogP contribution in [0.1, 0.15) is 17.5 Å². The number of methoxy groups -OCH3 is 1. The number of hydrogen-bond acceptors (Lipinski definition) is 3. The van der Waals surface area contributed by atoms with Crippen LogP contribution in [0.2, 0.25) is 0 Å². The lowest BCUT2D eigenvalue weighted by Gasteiger charge is -2.15. The molecule has 0 saturated carbocycles. The minimum absolute atomic E-state index is 0. The molecule has 0 radical (unpaired) electrons. The topological polar surface area (TPSA) is 64.3 Å². The van der Waals surface area contributed by atoms with Gasteiger partial charge in [0.2, 0.25) is 5.91 Å². The van der Waals surface area contributed by atoms with E-state index in [4.69, 9.17) is 10.5 Å². The fourth-order valence-corrected chi connectivity index (χ4v) is 1.69. The lowest BCUT2D eigenvalue weighted by molar-refractivity contribution is -0.138. The van der Waals surface area contributed by atoms with Gasteiger partial charge < -0.3 is 15.8 Å². The highest BCUT2D eigenvalue weighted by atomic mass is 35.5. The molecule has 4 nitrogen and oxygen atoms in total. The molecule has 21 heavy (non-hydrogen) atoms. The van der Waals surface area contributed by atoms with Crippen molar-refractivity contribution >= 4 is 24.0 Å². The lowest BCUT2D eigenvalue weighted by atomic mass is 10.1. The predicted molar refractivity (Wildman–Crippen MR) is 76.5 cm³/mol. The van der Waals surface area contributed by atoms with Gasteiger partial charge in [-0.15, -0.1) is 12.4 Å². The van der Waals surface area contributed by atoms with E-state index in [2.05, 4.69) is 5.32 Å². The molecule has 1 aromatic carbocycles. The Labute approximate surface area is 127 Å². The van der Waals surface area contributed by atoms with Crippen molar-refractivity contribution in [2.75, 3.05) is 19.0 Å². The summed E-state index contributed by atoms with van der Waals surface area (Å²) in [7, 11) is 1.42. The first-order valence-electron chi connectivity index (χ1n) is 5.98. The van der Waals surface area contributed by atoms with E-state index in [-0.39, 0.29) is 36.6 Å². The van der Waals surface area contributed by atoms with Crippen molar-refractivity contribution in [1.82, 2.24) is 0 Å². The van der Waals surface area contributed by atoms with Gasteiger partial charge in [0, 0.05) is 19.3 Å². The number of nitrogens with two attached hydrogens (primary N) is 1. The maximum Gasteiger partial charge on any atom is 0.416 e. The SMILES string of the molecule is COC(CN)CC(=O)Nc1ccc(C)c(C(F)(F)F)c1.Cl. The molecule has 1 rings (SSSR count). The summed E-state index contributed by atoms with van der Waals surface area (Å²) in [6.07, 6.45) is -4.91. The zero-order valence-electron chi connectivity index (χ0n) is 11.7. The van der Waals surface area contributed by atoms with Gasteiger partial charge in [-0.2, -0.15) is 13.2 Å². The number of halogens is 4. The standard InChI is InChI=1S/C13H17F3N2O2.ClH/c1-8-3-4-9(5-11(8)13(14,15)16)18-12(19)6-10(7-17)20-2;/h3-5,10H,6-7,17H2,1-2H3,(H,18,19);1H. The largest absolute Gasteiger partial charge is 0.416 e. The van der Waals surface area contributed by atoms with Crippen LogP contribution in [0.3, 0.4) is 0 Å². The molecule has 0 saturated heterocycles. The molecular weight excluding hydrogens is 309 g/mol. The summed E-state index contributed by atoms with van der Waals surface area (Å²) in [5.41, 5.74) is 4.81. The summed E-state index contributed by atoms with van der Waals surface area (Å²) in [4.78, 5) is 11.7. The van der Waals surface area contributed by atoms with Gasteiger partial charge in [0.1, 0.15) is 0 Å². The first kappa shape index (κ1) is 19.7. The fraction of sp³-hybridized carbons (Fsp3) is 0.462. The Morgan fingerprint density at radius 2 is 2.05 bits per heavy atom. The van der Waals surface area contributed by atoms with Gasteiger partial charge >= 0.3 is 6.18 Å². The van der Waals surface area contributed by atoms with Crippen LogP contribution in [0.4, 0.5) is 18.9 Å². The number of rotatable bonds is 5. The Kier molecular flexibility index (Phi) is 7.70. The van der Waals surface area contributed by atoms with Gasteiger partial charge in [0.15, 0.2) is 0 Å². The molecular formula is C13H18ClF3N2O2. The van der Waals surface area contributed by atoms with Crippen LogP contribution in [0, 0.1) is 6.92 Å². The van der Waals surface area contributed by atoms with E-state index in [1.54, 1.807) is 0 Å². The summed E-state index contributed by atoms with van der Waals surface area (Å²) >= 11 is 0. The maximum atomic E-state index is 12.7. The van der Waals surface area contributed by atoms with Gasteiger partial charge in [-0.1, -0.05) is 6.07 Å². The summed E-state index contributed by atoms with van der Waals surface area (Å²) in [5, 5.41) is 2.41. The molecule has 0 heterocycles. The monoisotopic (exact) mass is 326 g/mol. The molecule has 120 valence electrons. The third kappa shape index (κ3) is 5.91. The molecule has 0 aliphatic rings. The molecule has 1 unspecified atom stereocenters. The Morgan fingerprint density at radius 3 is 2.52 bits per heavy atom. The summed E-state index contributed by atoms with van der Waals surface area (Å²) in [6, 6.07) is 3.65. The summed E-state index contributed by atoms with van der Waals surface area (Å²) in [5.74, 6) is -0.445. The molecule has 0 aliphatic carbocycles. The Morgan fingerprint density at radius 1 is 1.43 bits per heavy atom. The van der Waals surface area contributed by atoms with Crippen LogP contribution in [0.5, 0.6) is 0 Å². The Bertz CT molecular complexity index is 477. The van der Waals surface area contributed by atoms with Crippen LogP contribution in [-0.4, -0.2) is 25.7 Å². The number of amides is 1. The molecule has 0 spiro atoms. The summed E-state index contributed by atoms with van der Waals surface area (Å²) < 4.78 is 43.1. The first-order valence-corrected chi connectivity index (χ1v) is 5.98. The van der Waals surface area contributed by atoms with E-state index in [1.807, 2.05) is 0 Å². The number of carbonyl (C=O) groups is 1. The maximum absolute atomic E-state index is 12.7.